The predicted molar refractivity (Wildman–Crippen MR) is 101 cm³/mol. The van der Waals surface area contributed by atoms with Crippen LogP contribution in [-0.4, -0.2) is 23.7 Å². The van der Waals surface area contributed by atoms with Crippen LogP contribution in [0.3, 0.4) is 0 Å². The predicted octanol–water partition coefficient (Wildman–Crippen LogP) is 5.01. The number of hydrogen-bond donors (Lipinski definition) is 0. The van der Waals surface area contributed by atoms with E-state index in [2.05, 4.69) is 37.1 Å². The zero-order chi connectivity index (χ0) is 17.4. The number of nitrogens with zero attached hydrogens (tertiary/aromatic N) is 2. The summed E-state index contributed by atoms with van der Waals surface area (Å²) < 4.78 is 12.3. The van der Waals surface area contributed by atoms with Crippen LogP contribution < -0.4 is 4.74 Å². The highest BCUT2D eigenvalue weighted by Crippen LogP contribution is 2.34. The highest BCUT2D eigenvalue weighted by Gasteiger charge is 2.21. The van der Waals surface area contributed by atoms with Crippen molar-refractivity contribution in [1.82, 2.24) is 9.88 Å². The quantitative estimate of drug-likeness (QED) is 0.643. The van der Waals surface area contributed by atoms with Crippen LogP contribution in [0.1, 0.15) is 29.1 Å². The van der Waals surface area contributed by atoms with Gasteiger partial charge in [-0.25, -0.2) is 4.98 Å². The molecule has 0 spiro atoms. The minimum Gasteiger partial charge on any atom is -0.467 e. The Morgan fingerprint density at radius 1 is 1.32 bits per heavy atom. The van der Waals surface area contributed by atoms with Gasteiger partial charge in [-0.3, -0.25) is 4.90 Å². The molecule has 130 valence electrons. The van der Waals surface area contributed by atoms with Gasteiger partial charge in [-0.05, 0) is 38.2 Å². The number of hydrogen-bond acceptors (Lipinski definition) is 5. The van der Waals surface area contributed by atoms with Crippen LogP contribution in [0.25, 0.3) is 10.2 Å². The topological polar surface area (TPSA) is 34.6 Å². The molecule has 0 fully saturated rings. The molecule has 25 heavy (non-hydrogen) atoms. The summed E-state index contributed by atoms with van der Waals surface area (Å²) in [5.74, 6) is 0.902. The lowest BCUT2D eigenvalue weighted by Gasteiger charge is -2.26. The number of fused-ring (bicyclic) bond motifs is 2. The zero-order valence-corrected chi connectivity index (χ0v) is 15.7. The van der Waals surface area contributed by atoms with Gasteiger partial charge in [0.1, 0.15) is 10.8 Å². The van der Waals surface area contributed by atoms with E-state index in [0.717, 1.165) is 33.9 Å². The molecule has 0 amide bonds. The largest absolute Gasteiger partial charge is 0.467 e. The number of para-hydroxylation sites is 1. The summed E-state index contributed by atoms with van der Waals surface area (Å²) in [6.45, 7) is 3.75. The maximum Gasteiger partial charge on any atom is 0.189 e. The van der Waals surface area contributed by atoms with Gasteiger partial charge in [0.25, 0.3) is 0 Å². The molecule has 2 aromatic carbocycles. The van der Waals surface area contributed by atoms with Crippen LogP contribution in [-0.2, 0) is 17.9 Å². The Bertz CT molecular complexity index is 879. The van der Waals surface area contributed by atoms with E-state index in [1.54, 1.807) is 11.3 Å². The average molecular weight is 375 g/mol. The van der Waals surface area contributed by atoms with E-state index in [-0.39, 0.29) is 6.04 Å². The number of rotatable bonds is 4. The van der Waals surface area contributed by atoms with Gasteiger partial charge in [-0.1, -0.05) is 23.7 Å². The van der Waals surface area contributed by atoms with Crippen molar-refractivity contribution in [1.29, 1.82) is 0 Å². The van der Waals surface area contributed by atoms with Crippen molar-refractivity contribution in [3.05, 3.63) is 57.6 Å². The Labute approximate surface area is 156 Å². The monoisotopic (exact) mass is 374 g/mol. The highest BCUT2D eigenvalue weighted by molar-refractivity contribution is 7.18. The van der Waals surface area contributed by atoms with E-state index in [1.807, 2.05) is 18.2 Å². The van der Waals surface area contributed by atoms with Gasteiger partial charge in [0.05, 0.1) is 22.9 Å². The normalized spacial score (nSPS) is 15.2. The molecule has 0 bridgehead atoms. The lowest BCUT2D eigenvalue weighted by Crippen LogP contribution is -2.23. The Morgan fingerprint density at radius 3 is 3.00 bits per heavy atom. The molecule has 0 N–H and O–H groups in total. The van der Waals surface area contributed by atoms with Gasteiger partial charge in [0.2, 0.25) is 0 Å². The van der Waals surface area contributed by atoms with Crippen molar-refractivity contribution >= 4 is 33.2 Å². The van der Waals surface area contributed by atoms with E-state index >= 15 is 0 Å². The summed E-state index contributed by atoms with van der Waals surface area (Å²) in [6.07, 6.45) is 0. The Balaban J connectivity index is 1.59. The van der Waals surface area contributed by atoms with Crippen LogP contribution >= 0.6 is 22.9 Å². The summed E-state index contributed by atoms with van der Waals surface area (Å²) >= 11 is 8.02. The van der Waals surface area contributed by atoms with Crippen molar-refractivity contribution in [2.45, 2.75) is 26.1 Å². The number of aromatic nitrogens is 1. The second kappa shape index (κ2) is 6.92. The SMILES string of the molecule is C[C@H](c1nc2ccccc2s1)N(C)Cc1cc(Cl)cc2c1OCOC2. The molecule has 3 aromatic rings. The van der Waals surface area contributed by atoms with Crippen molar-refractivity contribution < 1.29 is 9.47 Å². The first kappa shape index (κ1) is 16.8. The van der Waals surface area contributed by atoms with Gasteiger partial charge in [0, 0.05) is 22.7 Å². The molecule has 1 atom stereocenters. The van der Waals surface area contributed by atoms with E-state index < -0.39 is 0 Å². The third-order valence-corrected chi connectivity index (χ3v) is 5.93. The van der Waals surface area contributed by atoms with E-state index in [9.17, 15) is 0 Å². The second-order valence-corrected chi connectivity index (χ2v) is 7.77. The zero-order valence-electron chi connectivity index (χ0n) is 14.2. The minimum atomic E-state index is 0.201. The molecule has 1 aliphatic heterocycles. The molecule has 1 aliphatic rings. The van der Waals surface area contributed by atoms with Gasteiger partial charge < -0.3 is 9.47 Å². The van der Waals surface area contributed by atoms with Crippen LogP contribution in [0.5, 0.6) is 5.75 Å². The van der Waals surface area contributed by atoms with Crippen molar-refractivity contribution in [3.63, 3.8) is 0 Å². The number of halogens is 1. The van der Waals surface area contributed by atoms with Crippen LogP contribution in [0.15, 0.2) is 36.4 Å². The minimum absolute atomic E-state index is 0.201. The van der Waals surface area contributed by atoms with Crippen molar-refractivity contribution in [2.75, 3.05) is 13.8 Å². The lowest BCUT2D eigenvalue weighted by molar-refractivity contribution is -0.0175. The maximum absolute atomic E-state index is 6.28. The van der Waals surface area contributed by atoms with Crippen molar-refractivity contribution in [2.24, 2.45) is 0 Å². The second-order valence-electron chi connectivity index (χ2n) is 6.27. The first-order chi connectivity index (χ1) is 12.1. The number of ether oxygens (including phenoxy) is 2. The first-order valence-electron chi connectivity index (χ1n) is 8.19. The molecule has 4 rings (SSSR count). The summed E-state index contributed by atoms with van der Waals surface area (Å²) in [5.41, 5.74) is 3.15. The summed E-state index contributed by atoms with van der Waals surface area (Å²) in [5, 5.41) is 1.83. The molecular weight excluding hydrogens is 356 g/mol. The van der Waals surface area contributed by atoms with Gasteiger partial charge in [-0.15, -0.1) is 11.3 Å². The average Bonchev–Trinajstić information content (AvgIpc) is 3.05. The highest BCUT2D eigenvalue weighted by atomic mass is 35.5. The molecule has 4 nitrogen and oxygen atoms in total. The third-order valence-electron chi connectivity index (χ3n) is 4.50. The lowest BCUT2D eigenvalue weighted by atomic mass is 10.1. The molecule has 1 aromatic heterocycles. The number of thiazole rings is 1. The number of benzene rings is 2. The van der Waals surface area contributed by atoms with Crippen LogP contribution in [0, 0.1) is 0 Å². The smallest absolute Gasteiger partial charge is 0.189 e. The fourth-order valence-corrected chi connectivity index (χ4v) is 4.39. The molecular formula is C19H19ClN2O2S. The van der Waals surface area contributed by atoms with Gasteiger partial charge >= 0.3 is 0 Å². The van der Waals surface area contributed by atoms with E-state index in [1.165, 1.54) is 4.70 Å². The molecule has 6 heteroatoms. The third kappa shape index (κ3) is 3.37. The summed E-state index contributed by atoms with van der Waals surface area (Å²) in [4.78, 5) is 7.05. The van der Waals surface area contributed by atoms with Crippen LogP contribution in [0.2, 0.25) is 5.02 Å². The summed E-state index contributed by atoms with van der Waals surface area (Å²) in [6, 6.07) is 12.3. The molecule has 2 heterocycles. The van der Waals surface area contributed by atoms with E-state index in [0.29, 0.717) is 18.4 Å². The first-order valence-corrected chi connectivity index (χ1v) is 9.39. The fraction of sp³-hybridized carbons (Fsp3) is 0.316. The van der Waals surface area contributed by atoms with E-state index in [4.69, 9.17) is 26.1 Å². The van der Waals surface area contributed by atoms with Crippen molar-refractivity contribution in [3.8, 4) is 5.75 Å². The molecule has 0 saturated heterocycles. The standard InChI is InChI=1S/C19H19ClN2O2S/c1-12(19-21-16-5-3-4-6-17(16)25-19)22(2)9-13-7-15(20)8-14-10-23-11-24-18(13)14/h3-8,12H,9-11H2,1-2H3/t12-/m1/s1. The maximum atomic E-state index is 6.28. The molecule has 0 unspecified atom stereocenters. The van der Waals surface area contributed by atoms with Crippen LogP contribution in [0.4, 0.5) is 0 Å². The molecule has 0 radical (unpaired) electrons. The Hall–Kier alpha value is -1.66. The Kier molecular flexibility index (Phi) is 4.65. The van der Waals surface area contributed by atoms with Gasteiger partial charge in [0.15, 0.2) is 6.79 Å². The van der Waals surface area contributed by atoms with Gasteiger partial charge in [-0.2, -0.15) is 0 Å². The summed E-state index contributed by atoms with van der Waals surface area (Å²) in [7, 11) is 2.10. The molecule has 0 saturated carbocycles. The Morgan fingerprint density at radius 2 is 2.16 bits per heavy atom. The molecule has 0 aliphatic carbocycles. The fourth-order valence-electron chi connectivity index (χ4n) is 3.04.